The summed E-state index contributed by atoms with van der Waals surface area (Å²) in [6.07, 6.45) is 0. The van der Waals surface area contributed by atoms with Crippen molar-refractivity contribution in [1.82, 2.24) is 0 Å². The SMILES string of the molecule is Nc1ccc(C(=O)Nc2ccccc2Cl)c(N)c1. The van der Waals surface area contributed by atoms with E-state index in [1.54, 1.807) is 42.5 Å². The lowest BCUT2D eigenvalue weighted by Crippen LogP contribution is -2.14. The maximum Gasteiger partial charge on any atom is 0.257 e. The summed E-state index contributed by atoms with van der Waals surface area (Å²) in [7, 11) is 0. The molecule has 0 spiro atoms. The summed E-state index contributed by atoms with van der Waals surface area (Å²) in [5, 5.41) is 3.17. The molecule has 0 aromatic heterocycles. The quantitative estimate of drug-likeness (QED) is 0.727. The number of para-hydroxylation sites is 1. The monoisotopic (exact) mass is 261 g/mol. The first-order valence-electron chi connectivity index (χ1n) is 5.29. The van der Waals surface area contributed by atoms with Crippen molar-refractivity contribution in [2.24, 2.45) is 0 Å². The second-order valence-electron chi connectivity index (χ2n) is 3.78. The van der Waals surface area contributed by atoms with Crippen LogP contribution in [-0.4, -0.2) is 5.91 Å². The molecule has 0 saturated heterocycles. The highest BCUT2D eigenvalue weighted by molar-refractivity contribution is 6.34. The number of benzene rings is 2. The third-order valence-corrected chi connectivity index (χ3v) is 2.77. The predicted octanol–water partition coefficient (Wildman–Crippen LogP) is 2.76. The van der Waals surface area contributed by atoms with Crippen molar-refractivity contribution in [2.45, 2.75) is 0 Å². The minimum absolute atomic E-state index is 0.319. The van der Waals surface area contributed by atoms with Gasteiger partial charge in [-0.05, 0) is 30.3 Å². The number of nitrogen functional groups attached to an aromatic ring is 2. The van der Waals surface area contributed by atoms with E-state index < -0.39 is 0 Å². The maximum atomic E-state index is 12.0. The number of halogens is 1. The second kappa shape index (κ2) is 4.98. The molecule has 0 bridgehead atoms. The molecule has 5 heteroatoms. The highest BCUT2D eigenvalue weighted by Gasteiger charge is 2.11. The molecule has 2 aromatic rings. The predicted molar refractivity (Wildman–Crippen MR) is 74.7 cm³/mol. The highest BCUT2D eigenvalue weighted by atomic mass is 35.5. The largest absolute Gasteiger partial charge is 0.399 e. The van der Waals surface area contributed by atoms with Crippen LogP contribution in [0.15, 0.2) is 42.5 Å². The van der Waals surface area contributed by atoms with Crippen LogP contribution in [0.4, 0.5) is 17.1 Å². The number of carbonyl (C=O) groups is 1. The summed E-state index contributed by atoms with van der Waals surface area (Å²) in [5.41, 5.74) is 13.1. The smallest absolute Gasteiger partial charge is 0.257 e. The molecular formula is C13H12ClN3O. The Morgan fingerprint density at radius 1 is 1.11 bits per heavy atom. The van der Waals surface area contributed by atoms with Gasteiger partial charge in [0.25, 0.3) is 5.91 Å². The van der Waals surface area contributed by atoms with Crippen molar-refractivity contribution in [2.75, 3.05) is 16.8 Å². The van der Waals surface area contributed by atoms with Gasteiger partial charge in [0.05, 0.1) is 16.3 Å². The standard InChI is InChI=1S/C13H12ClN3O/c14-10-3-1-2-4-12(10)17-13(18)9-6-5-8(15)7-11(9)16/h1-7H,15-16H2,(H,17,18). The summed E-state index contributed by atoms with van der Waals surface area (Å²) in [5.74, 6) is -0.319. The number of hydrogen-bond donors (Lipinski definition) is 3. The van der Waals surface area contributed by atoms with Gasteiger partial charge in [0.1, 0.15) is 0 Å². The number of amides is 1. The topological polar surface area (TPSA) is 81.1 Å². The minimum atomic E-state index is -0.319. The molecular weight excluding hydrogens is 250 g/mol. The maximum absolute atomic E-state index is 12.0. The molecule has 0 radical (unpaired) electrons. The van der Waals surface area contributed by atoms with Crippen LogP contribution >= 0.6 is 11.6 Å². The molecule has 5 N–H and O–H groups in total. The third-order valence-electron chi connectivity index (χ3n) is 2.44. The fraction of sp³-hybridized carbons (Fsp3) is 0. The summed E-state index contributed by atoms with van der Waals surface area (Å²) >= 11 is 5.95. The van der Waals surface area contributed by atoms with E-state index in [9.17, 15) is 4.79 Å². The van der Waals surface area contributed by atoms with Gasteiger partial charge in [0.2, 0.25) is 0 Å². The Balaban J connectivity index is 2.25. The van der Waals surface area contributed by atoms with Gasteiger partial charge in [-0.2, -0.15) is 0 Å². The van der Waals surface area contributed by atoms with E-state index in [2.05, 4.69) is 5.32 Å². The van der Waals surface area contributed by atoms with Gasteiger partial charge in [-0.25, -0.2) is 0 Å². The van der Waals surface area contributed by atoms with Gasteiger partial charge >= 0.3 is 0 Å². The summed E-state index contributed by atoms with van der Waals surface area (Å²) in [6.45, 7) is 0. The Morgan fingerprint density at radius 2 is 1.83 bits per heavy atom. The lowest BCUT2D eigenvalue weighted by atomic mass is 10.1. The van der Waals surface area contributed by atoms with Crippen LogP contribution in [-0.2, 0) is 0 Å². The zero-order valence-electron chi connectivity index (χ0n) is 9.48. The number of anilines is 3. The summed E-state index contributed by atoms with van der Waals surface area (Å²) < 4.78 is 0. The molecule has 0 aliphatic rings. The van der Waals surface area contributed by atoms with Crippen molar-refractivity contribution < 1.29 is 4.79 Å². The van der Waals surface area contributed by atoms with E-state index in [4.69, 9.17) is 23.1 Å². The Hall–Kier alpha value is -2.20. The van der Waals surface area contributed by atoms with Crippen molar-refractivity contribution in [3.63, 3.8) is 0 Å². The molecule has 2 aromatic carbocycles. The lowest BCUT2D eigenvalue weighted by molar-refractivity contribution is 0.102. The summed E-state index contributed by atoms with van der Waals surface area (Å²) in [6, 6.07) is 11.7. The average Bonchev–Trinajstić information content (AvgIpc) is 2.32. The first-order valence-corrected chi connectivity index (χ1v) is 5.66. The summed E-state index contributed by atoms with van der Waals surface area (Å²) in [4.78, 5) is 12.0. The zero-order valence-corrected chi connectivity index (χ0v) is 10.2. The van der Waals surface area contributed by atoms with E-state index in [1.165, 1.54) is 0 Å². The lowest BCUT2D eigenvalue weighted by Gasteiger charge is -2.09. The molecule has 0 aliphatic heterocycles. The number of nitrogens with one attached hydrogen (secondary N) is 1. The average molecular weight is 262 g/mol. The fourth-order valence-corrected chi connectivity index (χ4v) is 1.72. The van der Waals surface area contributed by atoms with E-state index in [-0.39, 0.29) is 5.91 Å². The molecule has 2 rings (SSSR count). The van der Waals surface area contributed by atoms with E-state index in [1.807, 2.05) is 0 Å². The van der Waals surface area contributed by atoms with Crippen LogP contribution in [0.3, 0.4) is 0 Å². The first kappa shape index (κ1) is 12.3. The van der Waals surface area contributed by atoms with Crippen LogP contribution in [0.1, 0.15) is 10.4 Å². The van der Waals surface area contributed by atoms with E-state index >= 15 is 0 Å². The second-order valence-corrected chi connectivity index (χ2v) is 4.19. The number of hydrogen-bond acceptors (Lipinski definition) is 3. The Morgan fingerprint density at radius 3 is 2.50 bits per heavy atom. The first-order chi connectivity index (χ1) is 8.58. The zero-order chi connectivity index (χ0) is 13.1. The number of rotatable bonds is 2. The molecule has 0 aliphatic carbocycles. The highest BCUT2D eigenvalue weighted by Crippen LogP contribution is 2.23. The fourth-order valence-electron chi connectivity index (χ4n) is 1.54. The van der Waals surface area contributed by atoms with Crippen LogP contribution in [0.5, 0.6) is 0 Å². The Kier molecular flexibility index (Phi) is 3.39. The van der Waals surface area contributed by atoms with Crippen molar-refractivity contribution in [1.29, 1.82) is 0 Å². The van der Waals surface area contributed by atoms with Gasteiger partial charge in [0, 0.05) is 11.4 Å². The van der Waals surface area contributed by atoms with Crippen LogP contribution < -0.4 is 16.8 Å². The van der Waals surface area contributed by atoms with Gasteiger partial charge in [-0.15, -0.1) is 0 Å². The van der Waals surface area contributed by atoms with Crippen molar-refractivity contribution in [3.05, 3.63) is 53.1 Å². The molecule has 0 saturated carbocycles. The van der Waals surface area contributed by atoms with E-state index in [0.717, 1.165) is 0 Å². The van der Waals surface area contributed by atoms with E-state index in [0.29, 0.717) is 27.6 Å². The van der Waals surface area contributed by atoms with Gasteiger partial charge in [-0.1, -0.05) is 23.7 Å². The Bertz CT molecular complexity index is 599. The van der Waals surface area contributed by atoms with Gasteiger partial charge in [0.15, 0.2) is 0 Å². The molecule has 1 amide bonds. The van der Waals surface area contributed by atoms with Gasteiger partial charge in [-0.3, -0.25) is 4.79 Å². The molecule has 92 valence electrons. The normalized spacial score (nSPS) is 10.1. The van der Waals surface area contributed by atoms with Crippen LogP contribution in [0.25, 0.3) is 0 Å². The number of carbonyl (C=O) groups excluding carboxylic acids is 1. The number of nitrogens with two attached hydrogens (primary N) is 2. The molecule has 0 heterocycles. The van der Waals surface area contributed by atoms with Crippen molar-refractivity contribution in [3.8, 4) is 0 Å². The molecule has 0 unspecified atom stereocenters. The molecule has 0 atom stereocenters. The molecule has 4 nitrogen and oxygen atoms in total. The molecule has 18 heavy (non-hydrogen) atoms. The van der Waals surface area contributed by atoms with Crippen LogP contribution in [0.2, 0.25) is 5.02 Å². The Labute approximate surface area is 110 Å². The minimum Gasteiger partial charge on any atom is -0.399 e. The molecule has 0 fully saturated rings. The van der Waals surface area contributed by atoms with Crippen LogP contribution in [0, 0.1) is 0 Å². The van der Waals surface area contributed by atoms with Gasteiger partial charge < -0.3 is 16.8 Å². The third kappa shape index (κ3) is 2.55. The van der Waals surface area contributed by atoms with Crippen molar-refractivity contribution >= 4 is 34.6 Å².